The molecule has 4 heterocycles. The second-order valence-corrected chi connectivity index (χ2v) is 8.31. The molecule has 0 aliphatic carbocycles. The molecule has 4 fully saturated rings. The zero-order valence-electron chi connectivity index (χ0n) is 14.0. The first kappa shape index (κ1) is 14.5. The van der Waals surface area contributed by atoms with E-state index in [1.807, 2.05) is 0 Å². The molecule has 21 heavy (non-hydrogen) atoms. The van der Waals surface area contributed by atoms with Gasteiger partial charge in [-0.15, -0.1) is 0 Å². The third-order valence-corrected chi connectivity index (χ3v) is 6.80. The highest BCUT2D eigenvalue weighted by Crippen LogP contribution is 2.35. The second kappa shape index (κ2) is 5.82. The molecule has 4 atom stereocenters. The summed E-state index contributed by atoms with van der Waals surface area (Å²) in [6.07, 6.45) is 8.67. The molecule has 0 spiro atoms. The van der Waals surface area contributed by atoms with E-state index < -0.39 is 0 Å². The molecule has 0 radical (unpaired) electrons. The van der Waals surface area contributed by atoms with E-state index in [0.29, 0.717) is 0 Å². The molecule has 0 aromatic heterocycles. The van der Waals surface area contributed by atoms with Crippen molar-refractivity contribution in [2.75, 3.05) is 32.7 Å². The Hall–Kier alpha value is -0.120. The first-order valence-electron chi connectivity index (χ1n) is 9.46. The second-order valence-electron chi connectivity index (χ2n) is 8.31. The third-order valence-electron chi connectivity index (χ3n) is 6.80. The van der Waals surface area contributed by atoms with Crippen LogP contribution in [-0.2, 0) is 0 Å². The van der Waals surface area contributed by atoms with Crippen LogP contribution < -0.4 is 0 Å². The summed E-state index contributed by atoms with van der Waals surface area (Å²) in [5.41, 5.74) is 0. The Bertz CT molecular complexity index is 369. The molecule has 0 aromatic rings. The van der Waals surface area contributed by atoms with E-state index in [4.69, 9.17) is 0 Å². The Balaban J connectivity index is 1.48. The van der Waals surface area contributed by atoms with Crippen LogP contribution >= 0.6 is 0 Å². The van der Waals surface area contributed by atoms with Crippen LogP contribution in [0.2, 0.25) is 0 Å². The van der Waals surface area contributed by atoms with Crippen molar-refractivity contribution in [2.45, 2.75) is 76.5 Å². The van der Waals surface area contributed by atoms with E-state index in [1.54, 1.807) is 0 Å². The molecule has 4 aliphatic rings. The molecular formula is C18H33N3. The summed E-state index contributed by atoms with van der Waals surface area (Å²) in [5.74, 6) is 0.799. The minimum Gasteiger partial charge on any atom is -0.300 e. The van der Waals surface area contributed by atoms with E-state index in [0.717, 1.165) is 30.1 Å². The van der Waals surface area contributed by atoms with Crippen LogP contribution in [0, 0.1) is 5.92 Å². The third kappa shape index (κ3) is 2.66. The van der Waals surface area contributed by atoms with Gasteiger partial charge in [0.25, 0.3) is 0 Å². The number of fused-ring (bicyclic) bond motifs is 2. The van der Waals surface area contributed by atoms with Crippen LogP contribution in [0.15, 0.2) is 0 Å². The molecule has 0 saturated carbocycles. The maximum Gasteiger partial charge on any atom is 0.0249 e. The van der Waals surface area contributed by atoms with Gasteiger partial charge in [-0.1, -0.05) is 13.8 Å². The molecule has 0 bridgehead atoms. The predicted molar refractivity (Wildman–Crippen MR) is 87.5 cm³/mol. The van der Waals surface area contributed by atoms with E-state index >= 15 is 0 Å². The number of rotatable bonds is 2. The lowest BCUT2D eigenvalue weighted by Gasteiger charge is -2.51. The fourth-order valence-corrected chi connectivity index (χ4v) is 5.58. The van der Waals surface area contributed by atoms with Gasteiger partial charge in [0.2, 0.25) is 0 Å². The van der Waals surface area contributed by atoms with Crippen molar-refractivity contribution >= 4 is 0 Å². The molecule has 4 rings (SSSR count). The number of nitrogens with zero attached hydrogens (tertiary/aromatic N) is 3. The van der Waals surface area contributed by atoms with E-state index in [2.05, 4.69) is 28.5 Å². The van der Waals surface area contributed by atoms with Crippen LogP contribution in [0.4, 0.5) is 0 Å². The molecule has 3 heteroatoms. The van der Waals surface area contributed by atoms with Crippen LogP contribution in [0.25, 0.3) is 0 Å². The number of hydrogen-bond donors (Lipinski definition) is 0. The van der Waals surface area contributed by atoms with E-state index in [1.165, 1.54) is 71.2 Å². The van der Waals surface area contributed by atoms with Gasteiger partial charge in [0, 0.05) is 37.3 Å². The summed E-state index contributed by atoms with van der Waals surface area (Å²) in [6.45, 7) is 11.7. The van der Waals surface area contributed by atoms with Gasteiger partial charge in [-0.05, 0) is 64.1 Å². The molecule has 120 valence electrons. The molecule has 3 nitrogen and oxygen atoms in total. The van der Waals surface area contributed by atoms with Crippen molar-refractivity contribution in [3.8, 4) is 0 Å². The molecule has 4 aliphatic heterocycles. The highest BCUT2D eigenvalue weighted by molar-refractivity contribution is 4.99. The minimum absolute atomic E-state index is 0.799. The molecule has 4 saturated heterocycles. The van der Waals surface area contributed by atoms with Crippen molar-refractivity contribution in [1.82, 2.24) is 14.7 Å². The molecule has 0 N–H and O–H groups in total. The summed E-state index contributed by atoms with van der Waals surface area (Å²) in [6, 6.07) is 3.47. The topological polar surface area (TPSA) is 9.72 Å². The molecule has 0 amide bonds. The quantitative estimate of drug-likeness (QED) is 0.773. The zero-order valence-corrected chi connectivity index (χ0v) is 14.0. The Labute approximate surface area is 130 Å². The van der Waals surface area contributed by atoms with Gasteiger partial charge in [0.05, 0.1) is 0 Å². The molecule has 0 aromatic carbocycles. The van der Waals surface area contributed by atoms with Crippen LogP contribution in [0.3, 0.4) is 0 Å². The normalized spacial score (nSPS) is 42.4. The maximum absolute atomic E-state index is 2.97. The minimum atomic E-state index is 0.799. The van der Waals surface area contributed by atoms with Crippen LogP contribution in [-0.4, -0.2) is 71.6 Å². The Morgan fingerprint density at radius 2 is 1.52 bits per heavy atom. The highest BCUT2D eigenvalue weighted by atomic mass is 15.3. The lowest BCUT2D eigenvalue weighted by atomic mass is 9.90. The first-order chi connectivity index (χ1) is 10.2. The fraction of sp³-hybridized carbons (Fsp3) is 1.00. The summed E-state index contributed by atoms with van der Waals surface area (Å²) in [5, 5.41) is 0. The average molecular weight is 291 g/mol. The average Bonchev–Trinajstić information content (AvgIpc) is 3.13. The lowest BCUT2D eigenvalue weighted by molar-refractivity contribution is -0.0242. The predicted octanol–water partition coefficient (Wildman–Crippen LogP) is 2.42. The van der Waals surface area contributed by atoms with E-state index in [-0.39, 0.29) is 0 Å². The maximum atomic E-state index is 2.97. The largest absolute Gasteiger partial charge is 0.300 e. The van der Waals surface area contributed by atoms with Crippen molar-refractivity contribution in [1.29, 1.82) is 0 Å². The van der Waals surface area contributed by atoms with Crippen molar-refractivity contribution < 1.29 is 0 Å². The smallest absolute Gasteiger partial charge is 0.0249 e. The first-order valence-corrected chi connectivity index (χ1v) is 9.46. The van der Waals surface area contributed by atoms with E-state index in [9.17, 15) is 0 Å². The van der Waals surface area contributed by atoms with Gasteiger partial charge >= 0.3 is 0 Å². The lowest BCUT2D eigenvalue weighted by Crippen LogP contribution is -2.62. The van der Waals surface area contributed by atoms with Gasteiger partial charge in [0.1, 0.15) is 0 Å². The Morgan fingerprint density at radius 3 is 2.33 bits per heavy atom. The molecule has 4 unspecified atom stereocenters. The van der Waals surface area contributed by atoms with Gasteiger partial charge < -0.3 is 4.90 Å². The number of piperidine rings is 1. The SMILES string of the molecule is CC(C)C1CN2CCCC2CN1C1CCN2CCCC2C1. The zero-order chi connectivity index (χ0) is 14.4. The van der Waals surface area contributed by atoms with Gasteiger partial charge in [0.15, 0.2) is 0 Å². The summed E-state index contributed by atoms with van der Waals surface area (Å²) in [7, 11) is 0. The van der Waals surface area contributed by atoms with Crippen LogP contribution in [0.1, 0.15) is 52.4 Å². The Morgan fingerprint density at radius 1 is 0.762 bits per heavy atom. The van der Waals surface area contributed by atoms with Gasteiger partial charge in [-0.2, -0.15) is 0 Å². The molecular weight excluding hydrogens is 258 g/mol. The van der Waals surface area contributed by atoms with Crippen molar-refractivity contribution in [2.24, 2.45) is 5.92 Å². The number of hydrogen-bond acceptors (Lipinski definition) is 3. The van der Waals surface area contributed by atoms with Gasteiger partial charge in [-0.25, -0.2) is 0 Å². The van der Waals surface area contributed by atoms with Crippen molar-refractivity contribution in [3.63, 3.8) is 0 Å². The summed E-state index contributed by atoms with van der Waals surface area (Å²) in [4.78, 5) is 8.53. The van der Waals surface area contributed by atoms with Crippen LogP contribution in [0.5, 0.6) is 0 Å². The summed E-state index contributed by atoms with van der Waals surface area (Å²) < 4.78 is 0. The number of piperazine rings is 1. The van der Waals surface area contributed by atoms with Gasteiger partial charge in [-0.3, -0.25) is 9.80 Å². The summed E-state index contributed by atoms with van der Waals surface area (Å²) >= 11 is 0. The van der Waals surface area contributed by atoms with Crippen molar-refractivity contribution in [3.05, 3.63) is 0 Å². The standard InChI is InChI=1S/C18H33N3/c1-14(2)18-13-20-9-4-6-17(20)12-21(18)16-7-10-19-8-3-5-15(19)11-16/h14-18H,3-13H2,1-2H3. The monoisotopic (exact) mass is 291 g/mol. The fourth-order valence-electron chi connectivity index (χ4n) is 5.58. The highest BCUT2D eigenvalue weighted by Gasteiger charge is 2.42. The Kier molecular flexibility index (Phi) is 4.01.